The number of ether oxygens (including phenoxy) is 3. The molecule has 0 aromatic rings. The molecular formula is C15H22O5. The normalized spacial score (nSPS) is 38.0. The van der Waals surface area contributed by atoms with Crippen molar-refractivity contribution in [2.24, 2.45) is 23.2 Å². The van der Waals surface area contributed by atoms with Gasteiger partial charge >= 0.3 is 5.97 Å². The maximum absolute atomic E-state index is 12.0. The summed E-state index contributed by atoms with van der Waals surface area (Å²) in [4.78, 5) is 23.8. The van der Waals surface area contributed by atoms with E-state index in [-0.39, 0.29) is 23.0 Å². The highest BCUT2D eigenvalue weighted by atomic mass is 16.7. The van der Waals surface area contributed by atoms with E-state index >= 15 is 0 Å². The maximum Gasteiger partial charge on any atom is 0.316 e. The molecule has 0 aromatic heterocycles. The molecule has 0 amide bonds. The molecule has 112 valence electrons. The summed E-state index contributed by atoms with van der Waals surface area (Å²) >= 11 is 0. The van der Waals surface area contributed by atoms with Crippen molar-refractivity contribution in [2.75, 3.05) is 20.3 Å². The Morgan fingerprint density at radius 2 is 1.90 bits per heavy atom. The van der Waals surface area contributed by atoms with Gasteiger partial charge in [0.25, 0.3) is 0 Å². The van der Waals surface area contributed by atoms with E-state index in [9.17, 15) is 9.59 Å². The fourth-order valence-electron chi connectivity index (χ4n) is 3.80. The lowest BCUT2D eigenvalue weighted by Crippen LogP contribution is -2.46. The molecule has 1 saturated heterocycles. The monoisotopic (exact) mass is 282 g/mol. The third-order valence-corrected chi connectivity index (χ3v) is 4.87. The van der Waals surface area contributed by atoms with Crippen LogP contribution in [0.5, 0.6) is 0 Å². The van der Waals surface area contributed by atoms with E-state index in [0.717, 1.165) is 0 Å². The summed E-state index contributed by atoms with van der Waals surface area (Å²) in [6.45, 7) is 5.53. The van der Waals surface area contributed by atoms with Gasteiger partial charge in [0, 0.05) is 24.7 Å². The van der Waals surface area contributed by atoms with Crippen molar-refractivity contribution in [3.8, 4) is 0 Å². The van der Waals surface area contributed by atoms with Gasteiger partial charge in [-0.05, 0) is 11.8 Å². The Hall–Kier alpha value is -0.940. The fourth-order valence-corrected chi connectivity index (χ4v) is 3.80. The second-order valence-corrected chi connectivity index (χ2v) is 7.16. The molecule has 2 aliphatic carbocycles. The SMILES string of the molecule is COC(=O)[C@@H]1C(=O)C[C@@H]2CC3(C[C@H]21)OCC(C)(C)CO3. The summed E-state index contributed by atoms with van der Waals surface area (Å²) in [6, 6.07) is 0. The zero-order valence-corrected chi connectivity index (χ0v) is 12.3. The molecule has 3 atom stereocenters. The molecule has 2 saturated carbocycles. The minimum absolute atomic E-state index is 0.0103. The number of rotatable bonds is 1. The fraction of sp³-hybridized carbons (Fsp3) is 0.867. The topological polar surface area (TPSA) is 61.8 Å². The van der Waals surface area contributed by atoms with Crippen LogP contribution in [0.25, 0.3) is 0 Å². The Labute approximate surface area is 118 Å². The predicted octanol–water partition coefficient (Wildman–Crippen LogP) is 1.54. The van der Waals surface area contributed by atoms with Crippen LogP contribution in [0.2, 0.25) is 0 Å². The molecule has 0 unspecified atom stereocenters. The Kier molecular flexibility index (Phi) is 3.18. The van der Waals surface area contributed by atoms with Crippen LogP contribution < -0.4 is 0 Å². The highest BCUT2D eigenvalue weighted by molar-refractivity contribution is 6.01. The molecule has 5 heteroatoms. The number of ketones is 1. The number of carbonyl (C=O) groups excluding carboxylic acids is 2. The predicted molar refractivity (Wildman–Crippen MR) is 69.8 cm³/mol. The number of esters is 1. The summed E-state index contributed by atoms with van der Waals surface area (Å²) < 4.78 is 16.8. The third kappa shape index (κ3) is 2.17. The second-order valence-electron chi connectivity index (χ2n) is 7.16. The Morgan fingerprint density at radius 3 is 2.50 bits per heavy atom. The first kappa shape index (κ1) is 14.0. The summed E-state index contributed by atoms with van der Waals surface area (Å²) in [5, 5.41) is 0. The molecule has 5 nitrogen and oxygen atoms in total. The number of carbonyl (C=O) groups is 2. The van der Waals surface area contributed by atoms with Crippen molar-refractivity contribution < 1.29 is 23.8 Å². The van der Waals surface area contributed by atoms with Crippen LogP contribution in [-0.2, 0) is 23.8 Å². The van der Waals surface area contributed by atoms with Gasteiger partial charge in [0.2, 0.25) is 0 Å². The van der Waals surface area contributed by atoms with Crippen LogP contribution in [0.4, 0.5) is 0 Å². The van der Waals surface area contributed by atoms with Gasteiger partial charge in [-0.2, -0.15) is 0 Å². The largest absolute Gasteiger partial charge is 0.468 e. The molecule has 1 heterocycles. The quantitative estimate of drug-likeness (QED) is 0.539. The summed E-state index contributed by atoms with van der Waals surface area (Å²) in [5.41, 5.74) is 0.0283. The van der Waals surface area contributed by atoms with E-state index in [1.165, 1.54) is 7.11 Å². The molecule has 3 aliphatic rings. The Morgan fingerprint density at radius 1 is 1.25 bits per heavy atom. The van der Waals surface area contributed by atoms with Crippen LogP contribution in [0.1, 0.15) is 33.1 Å². The number of methoxy groups -OCH3 is 1. The van der Waals surface area contributed by atoms with E-state index < -0.39 is 17.7 Å². The van der Waals surface area contributed by atoms with Crippen molar-refractivity contribution in [2.45, 2.75) is 38.9 Å². The average Bonchev–Trinajstić information content (AvgIpc) is 2.86. The number of hydrogen-bond donors (Lipinski definition) is 0. The summed E-state index contributed by atoms with van der Waals surface area (Å²) in [5.74, 6) is -1.40. The zero-order chi connectivity index (χ0) is 14.5. The number of Topliss-reactive ketones (excluding diaryl/α,β-unsaturated/α-hetero) is 1. The Bertz CT molecular complexity index is 424. The van der Waals surface area contributed by atoms with Crippen LogP contribution in [0, 0.1) is 23.2 Å². The van der Waals surface area contributed by atoms with Gasteiger partial charge < -0.3 is 14.2 Å². The van der Waals surface area contributed by atoms with Gasteiger partial charge in [-0.3, -0.25) is 9.59 Å². The van der Waals surface area contributed by atoms with Crippen LogP contribution >= 0.6 is 0 Å². The number of fused-ring (bicyclic) bond motifs is 1. The molecule has 0 aromatic carbocycles. The average molecular weight is 282 g/mol. The molecule has 0 radical (unpaired) electrons. The van der Waals surface area contributed by atoms with Gasteiger partial charge in [0.1, 0.15) is 11.7 Å². The first-order valence-electron chi connectivity index (χ1n) is 7.24. The minimum Gasteiger partial charge on any atom is -0.468 e. The van der Waals surface area contributed by atoms with E-state index in [2.05, 4.69) is 13.8 Å². The lowest BCUT2D eigenvalue weighted by atomic mass is 9.91. The molecule has 3 fully saturated rings. The van der Waals surface area contributed by atoms with E-state index in [0.29, 0.717) is 32.5 Å². The summed E-state index contributed by atoms with van der Waals surface area (Å²) in [6.07, 6.45) is 1.79. The summed E-state index contributed by atoms with van der Waals surface area (Å²) in [7, 11) is 1.34. The van der Waals surface area contributed by atoms with E-state index in [1.807, 2.05) is 0 Å². The van der Waals surface area contributed by atoms with Crippen LogP contribution in [-0.4, -0.2) is 37.9 Å². The van der Waals surface area contributed by atoms with Crippen molar-refractivity contribution in [3.05, 3.63) is 0 Å². The van der Waals surface area contributed by atoms with E-state index in [1.54, 1.807) is 0 Å². The van der Waals surface area contributed by atoms with Crippen LogP contribution in [0.15, 0.2) is 0 Å². The second kappa shape index (κ2) is 4.53. The molecule has 0 bridgehead atoms. The molecule has 0 N–H and O–H groups in total. The van der Waals surface area contributed by atoms with E-state index in [4.69, 9.17) is 14.2 Å². The first-order valence-corrected chi connectivity index (χ1v) is 7.24. The molecule has 3 rings (SSSR count). The zero-order valence-electron chi connectivity index (χ0n) is 12.3. The smallest absolute Gasteiger partial charge is 0.316 e. The van der Waals surface area contributed by atoms with Crippen molar-refractivity contribution >= 4 is 11.8 Å². The van der Waals surface area contributed by atoms with Gasteiger partial charge in [-0.1, -0.05) is 13.8 Å². The van der Waals surface area contributed by atoms with Crippen molar-refractivity contribution in [3.63, 3.8) is 0 Å². The first-order chi connectivity index (χ1) is 9.36. The standard InChI is InChI=1S/C15H22O5/c1-14(2)7-19-15(20-8-14)5-9-4-11(16)12(10(9)6-15)13(17)18-3/h9-10,12H,4-8H2,1-3H3/t9-,10-,12+/m1/s1. The van der Waals surface area contributed by atoms with Gasteiger partial charge in [0.05, 0.1) is 20.3 Å². The number of hydrogen-bond acceptors (Lipinski definition) is 5. The van der Waals surface area contributed by atoms with Gasteiger partial charge in [-0.25, -0.2) is 0 Å². The van der Waals surface area contributed by atoms with Crippen molar-refractivity contribution in [1.29, 1.82) is 0 Å². The lowest BCUT2D eigenvalue weighted by Gasteiger charge is -2.42. The minimum atomic E-state index is -0.619. The van der Waals surface area contributed by atoms with Crippen molar-refractivity contribution in [1.82, 2.24) is 0 Å². The highest BCUT2D eigenvalue weighted by Crippen LogP contribution is 2.53. The lowest BCUT2D eigenvalue weighted by molar-refractivity contribution is -0.297. The Balaban J connectivity index is 1.74. The molecule has 1 spiro atoms. The molecular weight excluding hydrogens is 260 g/mol. The molecule has 20 heavy (non-hydrogen) atoms. The van der Waals surface area contributed by atoms with Gasteiger partial charge in [-0.15, -0.1) is 0 Å². The molecule has 1 aliphatic heterocycles. The van der Waals surface area contributed by atoms with Crippen LogP contribution in [0.3, 0.4) is 0 Å². The van der Waals surface area contributed by atoms with Gasteiger partial charge in [0.15, 0.2) is 5.79 Å². The maximum atomic E-state index is 12.0. The highest BCUT2D eigenvalue weighted by Gasteiger charge is 2.59. The third-order valence-electron chi connectivity index (χ3n) is 4.87.